The highest BCUT2D eigenvalue weighted by Gasteiger charge is 2.57. The fourth-order valence-electron chi connectivity index (χ4n) is 5.93. The maximum absolute atomic E-state index is 5.15. The van der Waals surface area contributed by atoms with E-state index in [1.54, 1.807) is 0 Å². The number of hydrogen-bond donors (Lipinski definition) is 0. The molecule has 150 valence electrons. The zero-order valence-corrected chi connectivity index (χ0v) is 18.7. The SMILES string of the molecule is CC1(C)c2ccc3nc4c5ccc6ccccc6c5ccn4c3c2C(C)(C)C1(C)C. The molecule has 3 aromatic carbocycles. The summed E-state index contributed by atoms with van der Waals surface area (Å²) < 4.78 is 2.34. The molecule has 0 bridgehead atoms. The minimum absolute atomic E-state index is 0.0413. The molecule has 0 atom stereocenters. The van der Waals surface area contributed by atoms with E-state index in [-0.39, 0.29) is 16.2 Å². The summed E-state index contributed by atoms with van der Waals surface area (Å²) in [6.07, 6.45) is 2.23. The van der Waals surface area contributed by atoms with Crippen LogP contribution in [0.5, 0.6) is 0 Å². The molecule has 0 saturated carbocycles. The zero-order chi connectivity index (χ0) is 21.1. The van der Waals surface area contributed by atoms with Crippen molar-refractivity contribution in [1.29, 1.82) is 0 Å². The maximum atomic E-state index is 5.15. The fourth-order valence-corrected chi connectivity index (χ4v) is 5.93. The van der Waals surface area contributed by atoms with E-state index in [1.165, 1.54) is 38.2 Å². The Morgan fingerprint density at radius 2 is 1.47 bits per heavy atom. The molecule has 0 spiro atoms. The fraction of sp³-hybridized carbons (Fsp3) is 0.321. The predicted molar refractivity (Wildman–Crippen MR) is 128 cm³/mol. The van der Waals surface area contributed by atoms with Crippen LogP contribution in [0.25, 0.3) is 38.2 Å². The average Bonchev–Trinajstić information content (AvgIpc) is 3.15. The van der Waals surface area contributed by atoms with Gasteiger partial charge in [0, 0.05) is 11.6 Å². The van der Waals surface area contributed by atoms with E-state index in [0.717, 1.165) is 11.2 Å². The van der Waals surface area contributed by atoms with E-state index >= 15 is 0 Å². The van der Waals surface area contributed by atoms with Crippen LogP contribution < -0.4 is 0 Å². The summed E-state index contributed by atoms with van der Waals surface area (Å²) >= 11 is 0. The molecule has 6 rings (SSSR count). The van der Waals surface area contributed by atoms with E-state index < -0.39 is 0 Å². The summed E-state index contributed by atoms with van der Waals surface area (Å²) in [6, 6.07) is 19.9. The van der Waals surface area contributed by atoms with Crippen molar-refractivity contribution in [2.45, 2.75) is 52.4 Å². The Morgan fingerprint density at radius 3 is 2.27 bits per heavy atom. The third-order valence-corrected chi connectivity index (χ3v) is 8.88. The second-order valence-corrected chi connectivity index (χ2v) is 10.6. The molecular formula is C28H28N2. The smallest absolute Gasteiger partial charge is 0.145 e. The molecule has 1 aliphatic carbocycles. The van der Waals surface area contributed by atoms with Gasteiger partial charge in [-0.25, -0.2) is 4.98 Å². The van der Waals surface area contributed by atoms with Gasteiger partial charge in [-0.2, -0.15) is 0 Å². The predicted octanol–water partition coefficient (Wildman–Crippen LogP) is 7.39. The zero-order valence-electron chi connectivity index (χ0n) is 18.7. The second-order valence-electron chi connectivity index (χ2n) is 10.6. The van der Waals surface area contributed by atoms with E-state index in [9.17, 15) is 0 Å². The number of nitrogens with zero attached hydrogens (tertiary/aromatic N) is 2. The van der Waals surface area contributed by atoms with Crippen LogP contribution in [-0.2, 0) is 10.8 Å². The molecule has 0 radical (unpaired) electrons. The minimum Gasteiger partial charge on any atom is -0.299 e. The normalized spacial score (nSPS) is 19.1. The van der Waals surface area contributed by atoms with Gasteiger partial charge in [-0.15, -0.1) is 0 Å². The van der Waals surface area contributed by atoms with Crippen LogP contribution in [0.4, 0.5) is 0 Å². The van der Waals surface area contributed by atoms with Gasteiger partial charge in [0.15, 0.2) is 0 Å². The lowest BCUT2D eigenvalue weighted by atomic mass is 9.59. The van der Waals surface area contributed by atoms with Gasteiger partial charge < -0.3 is 0 Å². The first-order valence-corrected chi connectivity index (χ1v) is 10.9. The molecular weight excluding hydrogens is 364 g/mol. The lowest BCUT2D eigenvalue weighted by molar-refractivity contribution is 0.125. The van der Waals surface area contributed by atoms with Gasteiger partial charge in [0.25, 0.3) is 0 Å². The number of aromatic nitrogens is 2. The third-order valence-electron chi connectivity index (χ3n) is 8.88. The number of benzene rings is 3. The monoisotopic (exact) mass is 392 g/mol. The van der Waals surface area contributed by atoms with Crippen molar-refractivity contribution in [1.82, 2.24) is 9.38 Å². The molecule has 0 unspecified atom stereocenters. The van der Waals surface area contributed by atoms with Crippen molar-refractivity contribution in [2.75, 3.05) is 0 Å². The lowest BCUT2D eigenvalue weighted by Gasteiger charge is -2.44. The first-order chi connectivity index (χ1) is 14.2. The lowest BCUT2D eigenvalue weighted by Crippen LogP contribution is -2.42. The van der Waals surface area contributed by atoms with Gasteiger partial charge in [0.2, 0.25) is 0 Å². The number of pyridine rings is 1. The van der Waals surface area contributed by atoms with Gasteiger partial charge in [-0.05, 0) is 61.7 Å². The van der Waals surface area contributed by atoms with Crippen LogP contribution in [0.1, 0.15) is 52.7 Å². The highest BCUT2D eigenvalue weighted by Crippen LogP contribution is 2.62. The molecule has 2 heteroatoms. The third kappa shape index (κ3) is 1.84. The van der Waals surface area contributed by atoms with E-state index in [4.69, 9.17) is 4.98 Å². The topological polar surface area (TPSA) is 17.3 Å². The number of rotatable bonds is 0. The largest absolute Gasteiger partial charge is 0.299 e. The second kappa shape index (κ2) is 5.24. The summed E-state index contributed by atoms with van der Waals surface area (Å²) in [5, 5.41) is 5.05. The van der Waals surface area contributed by atoms with Crippen molar-refractivity contribution in [3.05, 3.63) is 71.9 Å². The highest BCUT2D eigenvalue weighted by molar-refractivity contribution is 6.12. The van der Waals surface area contributed by atoms with Crippen LogP contribution >= 0.6 is 0 Å². The molecule has 0 amide bonds. The van der Waals surface area contributed by atoms with Crippen LogP contribution in [0, 0.1) is 5.41 Å². The van der Waals surface area contributed by atoms with E-state index in [0.29, 0.717) is 0 Å². The summed E-state index contributed by atoms with van der Waals surface area (Å²) in [5.74, 6) is 0. The summed E-state index contributed by atoms with van der Waals surface area (Å²) in [6.45, 7) is 14.5. The van der Waals surface area contributed by atoms with Crippen molar-refractivity contribution < 1.29 is 0 Å². The van der Waals surface area contributed by atoms with Crippen LogP contribution in [0.2, 0.25) is 0 Å². The molecule has 2 heterocycles. The molecule has 1 aliphatic rings. The molecule has 5 aromatic rings. The first kappa shape index (κ1) is 17.9. The van der Waals surface area contributed by atoms with Gasteiger partial charge in [0.1, 0.15) is 5.65 Å². The standard InChI is InChI=1S/C28H28N2/c1-26(2)21-13-14-22-24(23(21)27(3,4)28(26,5)6)30-16-15-19-18-10-8-7-9-17(18)11-12-20(19)25(30)29-22/h7-16H,1-6H3. The number of hydrogen-bond acceptors (Lipinski definition) is 1. The minimum atomic E-state index is 0.0413. The molecule has 2 nitrogen and oxygen atoms in total. The number of fused-ring (bicyclic) bond motifs is 9. The molecule has 0 N–H and O–H groups in total. The maximum Gasteiger partial charge on any atom is 0.145 e. The molecule has 0 fully saturated rings. The van der Waals surface area contributed by atoms with Gasteiger partial charge >= 0.3 is 0 Å². The Bertz CT molecular complexity index is 1510. The summed E-state index contributed by atoms with van der Waals surface area (Å²) in [5.41, 5.74) is 6.62. The number of imidazole rings is 1. The van der Waals surface area contributed by atoms with Gasteiger partial charge in [0.05, 0.1) is 11.0 Å². The Kier molecular flexibility index (Phi) is 3.13. The highest BCUT2D eigenvalue weighted by atomic mass is 15.0. The van der Waals surface area contributed by atoms with Crippen LogP contribution in [0.3, 0.4) is 0 Å². The molecule has 30 heavy (non-hydrogen) atoms. The van der Waals surface area contributed by atoms with Crippen molar-refractivity contribution in [3.8, 4) is 0 Å². The van der Waals surface area contributed by atoms with Crippen LogP contribution in [-0.4, -0.2) is 9.38 Å². The van der Waals surface area contributed by atoms with E-state index in [2.05, 4.69) is 107 Å². The molecule has 0 saturated heterocycles. The van der Waals surface area contributed by atoms with Crippen molar-refractivity contribution in [2.24, 2.45) is 5.41 Å². The average molecular weight is 393 g/mol. The Morgan fingerprint density at radius 1 is 0.700 bits per heavy atom. The van der Waals surface area contributed by atoms with E-state index in [1.807, 2.05) is 0 Å². The molecule has 2 aromatic heterocycles. The first-order valence-electron chi connectivity index (χ1n) is 10.9. The Balaban J connectivity index is 1.80. The van der Waals surface area contributed by atoms with Gasteiger partial charge in [-0.1, -0.05) is 77.9 Å². The van der Waals surface area contributed by atoms with Crippen molar-refractivity contribution in [3.63, 3.8) is 0 Å². The van der Waals surface area contributed by atoms with Crippen molar-refractivity contribution >= 4 is 38.2 Å². The van der Waals surface area contributed by atoms with Crippen LogP contribution in [0.15, 0.2) is 60.8 Å². The van der Waals surface area contributed by atoms with Gasteiger partial charge in [-0.3, -0.25) is 4.40 Å². The summed E-state index contributed by atoms with van der Waals surface area (Å²) in [7, 11) is 0. The quantitative estimate of drug-likeness (QED) is 0.251. The summed E-state index contributed by atoms with van der Waals surface area (Å²) in [4.78, 5) is 5.15. The Labute approximate surface area is 177 Å². The Hall–Kier alpha value is -2.87. The molecule has 0 aliphatic heterocycles.